The molecule has 2 aromatic heterocycles. The molecule has 158 valence electrons. The van der Waals surface area contributed by atoms with Gasteiger partial charge in [0.25, 0.3) is 0 Å². The molecule has 1 aliphatic rings. The van der Waals surface area contributed by atoms with Crippen LogP contribution in [0.2, 0.25) is 0 Å². The Morgan fingerprint density at radius 3 is 2.58 bits per heavy atom. The van der Waals surface area contributed by atoms with E-state index < -0.39 is 0 Å². The van der Waals surface area contributed by atoms with E-state index in [-0.39, 0.29) is 4.08 Å². The van der Waals surface area contributed by atoms with Gasteiger partial charge in [-0.2, -0.15) is 0 Å². The third-order valence-electron chi connectivity index (χ3n) is 5.78. The first kappa shape index (κ1) is 20.3. The number of rotatable bonds is 5. The van der Waals surface area contributed by atoms with Gasteiger partial charge in [-0.05, 0) is 61.0 Å². The standard InChI is InChI=1S/C24H23N3O2S2/c1-28-18-8-5-16(6-9-18)21-22(27-13-4-12-25-23(27)26-21)17-7-10-20-19(15-17)24(30-2,31-3)11-14-29-20/h4-10,12-13,15H,11,14H2,1-3H3. The molecule has 0 saturated carbocycles. The molecule has 7 heteroatoms. The Morgan fingerprint density at radius 2 is 1.84 bits per heavy atom. The summed E-state index contributed by atoms with van der Waals surface area (Å²) in [7, 11) is 1.67. The second-order valence-corrected chi connectivity index (χ2v) is 9.77. The van der Waals surface area contributed by atoms with Crippen LogP contribution in [0.3, 0.4) is 0 Å². The number of imidazole rings is 1. The molecule has 1 aliphatic heterocycles. The zero-order chi connectivity index (χ0) is 21.4. The molecular weight excluding hydrogens is 426 g/mol. The van der Waals surface area contributed by atoms with Crippen molar-refractivity contribution in [2.45, 2.75) is 10.5 Å². The lowest BCUT2D eigenvalue weighted by Crippen LogP contribution is -2.26. The molecule has 0 spiro atoms. The lowest BCUT2D eigenvalue weighted by atomic mass is 9.98. The monoisotopic (exact) mass is 449 g/mol. The minimum absolute atomic E-state index is 0.0113. The van der Waals surface area contributed by atoms with E-state index >= 15 is 0 Å². The van der Waals surface area contributed by atoms with Crippen molar-refractivity contribution in [1.82, 2.24) is 14.4 Å². The highest BCUT2D eigenvalue weighted by atomic mass is 32.2. The summed E-state index contributed by atoms with van der Waals surface area (Å²) in [5.41, 5.74) is 5.28. The number of nitrogens with zero attached hydrogens (tertiary/aromatic N) is 3. The van der Waals surface area contributed by atoms with E-state index in [1.807, 2.05) is 60.1 Å². The minimum Gasteiger partial charge on any atom is -0.497 e. The van der Waals surface area contributed by atoms with Crippen molar-refractivity contribution in [2.75, 3.05) is 26.2 Å². The molecule has 0 amide bonds. The Kier molecular flexibility index (Phi) is 5.32. The summed E-state index contributed by atoms with van der Waals surface area (Å²) in [6.07, 6.45) is 9.13. The van der Waals surface area contributed by atoms with Crippen molar-refractivity contribution < 1.29 is 9.47 Å². The van der Waals surface area contributed by atoms with Gasteiger partial charge in [0.15, 0.2) is 0 Å². The molecule has 5 nitrogen and oxygen atoms in total. The van der Waals surface area contributed by atoms with Crippen LogP contribution in [0.5, 0.6) is 11.5 Å². The Hall–Kier alpha value is -2.64. The molecule has 2 aromatic carbocycles. The Morgan fingerprint density at radius 1 is 1.06 bits per heavy atom. The van der Waals surface area contributed by atoms with Gasteiger partial charge < -0.3 is 9.47 Å². The molecule has 0 atom stereocenters. The van der Waals surface area contributed by atoms with Crippen molar-refractivity contribution in [3.05, 3.63) is 66.5 Å². The van der Waals surface area contributed by atoms with Crippen LogP contribution in [-0.2, 0) is 4.08 Å². The summed E-state index contributed by atoms with van der Waals surface area (Å²) in [6.45, 7) is 0.741. The van der Waals surface area contributed by atoms with Crippen LogP contribution in [0.25, 0.3) is 28.3 Å². The Bertz CT molecular complexity index is 1230. The average Bonchev–Trinajstić information content (AvgIpc) is 3.23. The van der Waals surface area contributed by atoms with E-state index in [2.05, 4.69) is 40.1 Å². The fourth-order valence-electron chi connectivity index (χ4n) is 4.15. The lowest BCUT2D eigenvalue weighted by Gasteiger charge is -2.36. The summed E-state index contributed by atoms with van der Waals surface area (Å²) in [6, 6.07) is 16.4. The molecule has 0 N–H and O–H groups in total. The molecule has 0 aliphatic carbocycles. The van der Waals surface area contributed by atoms with E-state index in [1.54, 1.807) is 13.3 Å². The second-order valence-electron chi connectivity index (χ2n) is 7.30. The van der Waals surface area contributed by atoms with Gasteiger partial charge in [-0.15, -0.1) is 23.5 Å². The highest BCUT2D eigenvalue weighted by Gasteiger charge is 2.37. The number of hydrogen-bond donors (Lipinski definition) is 0. The number of methoxy groups -OCH3 is 1. The first-order valence-corrected chi connectivity index (χ1v) is 12.5. The molecule has 0 bridgehead atoms. The number of ether oxygens (including phenoxy) is 2. The second kappa shape index (κ2) is 8.13. The number of aromatic nitrogens is 3. The SMILES string of the molecule is COc1ccc(-c2nc3ncccn3c2-c2ccc3c(c2)C(SC)(SC)CCO3)cc1. The van der Waals surface area contributed by atoms with Crippen LogP contribution >= 0.6 is 23.5 Å². The van der Waals surface area contributed by atoms with E-state index in [9.17, 15) is 0 Å². The van der Waals surface area contributed by atoms with Gasteiger partial charge in [0, 0.05) is 35.5 Å². The van der Waals surface area contributed by atoms with Gasteiger partial charge in [-0.1, -0.05) is 0 Å². The number of fused-ring (bicyclic) bond motifs is 2. The van der Waals surface area contributed by atoms with Gasteiger partial charge >= 0.3 is 0 Å². The molecule has 0 radical (unpaired) electrons. The fraction of sp³-hybridized carbons (Fsp3) is 0.250. The third kappa shape index (κ3) is 3.36. The lowest BCUT2D eigenvalue weighted by molar-refractivity contribution is 0.280. The largest absolute Gasteiger partial charge is 0.497 e. The van der Waals surface area contributed by atoms with Crippen LogP contribution in [0.15, 0.2) is 60.9 Å². The molecule has 0 fully saturated rings. The molecule has 31 heavy (non-hydrogen) atoms. The summed E-state index contributed by atoms with van der Waals surface area (Å²) < 4.78 is 13.4. The molecule has 0 unspecified atom stereocenters. The van der Waals surface area contributed by atoms with E-state index in [0.717, 1.165) is 47.0 Å². The van der Waals surface area contributed by atoms with Gasteiger partial charge in [0.2, 0.25) is 5.78 Å². The summed E-state index contributed by atoms with van der Waals surface area (Å²) in [4.78, 5) is 9.36. The van der Waals surface area contributed by atoms with Crippen molar-refractivity contribution in [1.29, 1.82) is 0 Å². The Balaban J connectivity index is 1.74. The zero-order valence-electron chi connectivity index (χ0n) is 17.7. The smallest absolute Gasteiger partial charge is 0.234 e. The van der Waals surface area contributed by atoms with Crippen LogP contribution in [0.1, 0.15) is 12.0 Å². The first-order valence-electron chi connectivity index (χ1n) is 10.0. The number of thioether (sulfide) groups is 2. The van der Waals surface area contributed by atoms with Crippen molar-refractivity contribution in [2.24, 2.45) is 0 Å². The molecule has 3 heterocycles. The van der Waals surface area contributed by atoms with Crippen LogP contribution in [-0.4, -0.2) is 40.6 Å². The Labute approximate surface area is 190 Å². The maximum atomic E-state index is 6.01. The van der Waals surface area contributed by atoms with E-state index in [0.29, 0.717) is 5.78 Å². The average molecular weight is 450 g/mol. The third-order valence-corrected chi connectivity index (χ3v) is 8.95. The zero-order valence-corrected chi connectivity index (χ0v) is 19.3. The van der Waals surface area contributed by atoms with Crippen molar-refractivity contribution in [3.8, 4) is 34.0 Å². The van der Waals surface area contributed by atoms with Gasteiger partial charge in [-0.25, -0.2) is 9.97 Å². The van der Waals surface area contributed by atoms with E-state index in [1.165, 1.54) is 5.56 Å². The molecular formula is C24H23N3O2S2. The normalized spacial score (nSPS) is 14.8. The summed E-state index contributed by atoms with van der Waals surface area (Å²) in [5.74, 6) is 2.47. The van der Waals surface area contributed by atoms with Gasteiger partial charge in [0.1, 0.15) is 11.5 Å². The van der Waals surface area contributed by atoms with Gasteiger partial charge in [-0.3, -0.25) is 4.40 Å². The highest BCUT2D eigenvalue weighted by Crippen LogP contribution is 2.53. The van der Waals surface area contributed by atoms with Crippen LogP contribution in [0.4, 0.5) is 0 Å². The maximum absolute atomic E-state index is 6.01. The fourth-order valence-corrected chi connectivity index (χ4v) is 6.15. The van der Waals surface area contributed by atoms with Gasteiger partial charge in [0.05, 0.1) is 29.2 Å². The molecule has 0 saturated heterocycles. The predicted molar refractivity (Wildman–Crippen MR) is 129 cm³/mol. The van der Waals surface area contributed by atoms with E-state index in [4.69, 9.17) is 14.5 Å². The van der Waals surface area contributed by atoms with Crippen molar-refractivity contribution in [3.63, 3.8) is 0 Å². The highest BCUT2D eigenvalue weighted by molar-refractivity contribution is 8.16. The van der Waals surface area contributed by atoms with Crippen molar-refractivity contribution >= 4 is 29.3 Å². The molecule has 4 aromatic rings. The number of hydrogen-bond acceptors (Lipinski definition) is 6. The van der Waals surface area contributed by atoms with Crippen LogP contribution < -0.4 is 9.47 Å². The quantitative estimate of drug-likeness (QED) is 0.363. The summed E-state index contributed by atoms with van der Waals surface area (Å²) >= 11 is 3.77. The minimum atomic E-state index is -0.0113. The topological polar surface area (TPSA) is 48.7 Å². The van der Waals surface area contributed by atoms with Crippen LogP contribution in [0, 0.1) is 0 Å². The summed E-state index contributed by atoms with van der Waals surface area (Å²) in [5, 5.41) is 0. The predicted octanol–water partition coefficient (Wildman–Crippen LogP) is 5.73. The molecule has 5 rings (SSSR count). The number of benzene rings is 2. The first-order chi connectivity index (χ1) is 15.2. The maximum Gasteiger partial charge on any atom is 0.234 e.